The van der Waals surface area contributed by atoms with Crippen LogP contribution >= 0.6 is 34.8 Å². The molecule has 5 atom stereocenters. The molecule has 0 saturated carbocycles. The van der Waals surface area contributed by atoms with Gasteiger partial charge in [0.15, 0.2) is 12.4 Å². The van der Waals surface area contributed by atoms with E-state index in [4.69, 9.17) is 53.8 Å². The van der Waals surface area contributed by atoms with E-state index < -0.39 is 46.3 Å². The van der Waals surface area contributed by atoms with Crippen molar-refractivity contribution >= 4 is 46.7 Å². The number of hydrogen-bond donors (Lipinski definition) is 2. The minimum absolute atomic E-state index is 0.0248. The third-order valence-electron chi connectivity index (χ3n) is 4.30. The molecule has 0 bridgehead atoms. The number of aliphatic hydroxyl groups is 1. The highest BCUT2D eigenvalue weighted by molar-refractivity contribution is 6.76. The molecule has 1 aromatic rings. The van der Waals surface area contributed by atoms with Crippen LogP contribution in [0.25, 0.3) is 0 Å². The SMILES string of the molecule is C=CCO[C@@H]1O[C@H](COCc2ccccc2)[C@@H](OC(C)=O)[C@H](O)[C@H]1NC(=O)C(Cl)(Cl)Cl. The van der Waals surface area contributed by atoms with Crippen molar-refractivity contribution in [3.05, 3.63) is 48.6 Å². The number of aliphatic hydroxyl groups excluding tert-OH is 1. The molecule has 0 aromatic heterocycles. The lowest BCUT2D eigenvalue weighted by molar-refractivity contribution is -0.274. The van der Waals surface area contributed by atoms with Gasteiger partial charge in [0, 0.05) is 6.92 Å². The summed E-state index contributed by atoms with van der Waals surface area (Å²) in [6.45, 7) is 5.04. The first-order chi connectivity index (χ1) is 14.6. The Kier molecular flexibility index (Phi) is 10.0. The van der Waals surface area contributed by atoms with E-state index in [-0.39, 0.29) is 19.8 Å². The first-order valence-corrected chi connectivity index (χ1v) is 10.5. The van der Waals surface area contributed by atoms with Crippen molar-refractivity contribution in [3.8, 4) is 0 Å². The van der Waals surface area contributed by atoms with Crippen LogP contribution in [0.4, 0.5) is 0 Å². The van der Waals surface area contributed by atoms with Crippen molar-refractivity contribution in [3.63, 3.8) is 0 Å². The Morgan fingerprint density at radius 2 is 1.97 bits per heavy atom. The molecule has 2 rings (SSSR count). The van der Waals surface area contributed by atoms with Crippen LogP contribution in [0, 0.1) is 0 Å². The zero-order valence-corrected chi connectivity index (χ0v) is 19.0. The first kappa shape index (κ1) is 25.9. The van der Waals surface area contributed by atoms with Gasteiger partial charge in [0.2, 0.25) is 0 Å². The maximum absolute atomic E-state index is 12.2. The second-order valence-corrected chi connectivity index (χ2v) is 9.01. The van der Waals surface area contributed by atoms with Crippen LogP contribution in [-0.2, 0) is 35.1 Å². The molecule has 1 aromatic carbocycles. The van der Waals surface area contributed by atoms with E-state index in [0.29, 0.717) is 0 Å². The summed E-state index contributed by atoms with van der Waals surface area (Å²) in [6, 6.07) is 8.21. The summed E-state index contributed by atoms with van der Waals surface area (Å²) >= 11 is 16.8. The summed E-state index contributed by atoms with van der Waals surface area (Å²) < 4.78 is 20.1. The molecule has 1 aliphatic heterocycles. The highest BCUT2D eigenvalue weighted by atomic mass is 35.6. The quantitative estimate of drug-likeness (QED) is 0.307. The predicted molar refractivity (Wildman–Crippen MR) is 115 cm³/mol. The van der Waals surface area contributed by atoms with Gasteiger partial charge in [-0.1, -0.05) is 71.2 Å². The molecule has 0 radical (unpaired) electrons. The molecular weight excluding hydrogens is 473 g/mol. The summed E-state index contributed by atoms with van der Waals surface area (Å²) in [7, 11) is 0. The molecule has 172 valence electrons. The number of hydrogen-bond acceptors (Lipinski definition) is 7. The average Bonchev–Trinajstić information content (AvgIpc) is 2.71. The fourth-order valence-corrected chi connectivity index (χ4v) is 3.11. The number of esters is 1. The second kappa shape index (κ2) is 12.0. The van der Waals surface area contributed by atoms with Gasteiger partial charge in [-0.2, -0.15) is 0 Å². The molecule has 2 N–H and O–H groups in total. The number of amides is 1. The Labute approximate surface area is 195 Å². The van der Waals surface area contributed by atoms with Crippen LogP contribution in [0.15, 0.2) is 43.0 Å². The topological polar surface area (TPSA) is 103 Å². The van der Waals surface area contributed by atoms with Crippen LogP contribution < -0.4 is 5.32 Å². The molecule has 0 unspecified atom stereocenters. The smallest absolute Gasteiger partial charge is 0.303 e. The number of nitrogens with one attached hydrogen (secondary N) is 1. The highest BCUT2D eigenvalue weighted by Crippen LogP contribution is 2.29. The van der Waals surface area contributed by atoms with Crippen LogP contribution in [0.2, 0.25) is 0 Å². The van der Waals surface area contributed by atoms with Gasteiger partial charge in [0.25, 0.3) is 9.70 Å². The zero-order chi connectivity index (χ0) is 23.0. The fraction of sp³-hybridized carbons (Fsp3) is 0.500. The number of ether oxygens (including phenoxy) is 4. The van der Waals surface area contributed by atoms with E-state index >= 15 is 0 Å². The lowest BCUT2D eigenvalue weighted by Crippen LogP contribution is -2.66. The molecule has 8 nitrogen and oxygen atoms in total. The van der Waals surface area contributed by atoms with E-state index in [1.165, 1.54) is 13.0 Å². The van der Waals surface area contributed by atoms with E-state index in [2.05, 4.69) is 11.9 Å². The van der Waals surface area contributed by atoms with Crippen molar-refractivity contribution in [2.24, 2.45) is 0 Å². The van der Waals surface area contributed by atoms with Crippen LogP contribution in [0.3, 0.4) is 0 Å². The van der Waals surface area contributed by atoms with Crippen molar-refractivity contribution < 1.29 is 33.6 Å². The molecular formula is C20H24Cl3NO7. The molecule has 0 aliphatic carbocycles. The van der Waals surface area contributed by atoms with Gasteiger partial charge in [-0.15, -0.1) is 6.58 Å². The average molecular weight is 497 g/mol. The lowest BCUT2D eigenvalue weighted by Gasteiger charge is -2.44. The Bertz CT molecular complexity index is 744. The predicted octanol–water partition coefficient (Wildman–Crippen LogP) is 2.28. The number of alkyl halides is 3. The lowest BCUT2D eigenvalue weighted by atomic mass is 9.96. The van der Waals surface area contributed by atoms with Gasteiger partial charge in [0.05, 0.1) is 19.8 Å². The van der Waals surface area contributed by atoms with E-state index in [9.17, 15) is 14.7 Å². The molecule has 1 amide bonds. The normalized spacial score (nSPS) is 26.2. The molecule has 0 spiro atoms. The third-order valence-corrected chi connectivity index (χ3v) is 4.82. The van der Waals surface area contributed by atoms with Crippen molar-refractivity contribution in [1.82, 2.24) is 5.32 Å². The largest absolute Gasteiger partial charge is 0.457 e. The summed E-state index contributed by atoms with van der Waals surface area (Å²) in [6.07, 6.45) is -3.19. The standard InChI is InChI=1S/C20H24Cl3NO7/c1-3-9-29-18-15(24-19(27)20(21,22)23)16(26)17(30-12(2)25)14(31-18)11-28-10-13-7-5-4-6-8-13/h3-8,14-18,26H,1,9-11H2,2H3,(H,24,27)/t14-,15-,16-,17-,18-/m1/s1. The summed E-state index contributed by atoms with van der Waals surface area (Å²) in [5, 5.41) is 13.3. The minimum atomic E-state index is -2.28. The number of halogens is 3. The van der Waals surface area contributed by atoms with Crippen molar-refractivity contribution in [2.75, 3.05) is 13.2 Å². The van der Waals surface area contributed by atoms with Crippen molar-refractivity contribution in [1.29, 1.82) is 0 Å². The van der Waals surface area contributed by atoms with Gasteiger partial charge in [0.1, 0.15) is 18.2 Å². The Morgan fingerprint density at radius 3 is 2.55 bits per heavy atom. The Balaban J connectivity index is 2.17. The fourth-order valence-electron chi connectivity index (χ4n) is 2.95. The Morgan fingerprint density at radius 1 is 1.29 bits per heavy atom. The van der Waals surface area contributed by atoms with E-state index in [1.54, 1.807) is 0 Å². The number of carbonyl (C=O) groups is 2. The molecule has 31 heavy (non-hydrogen) atoms. The van der Waals surface area contributed by atoms with Gasteiger partial charge >= 0.3 is 5.97 Å². The van der Waals surface area contributed by atoms with Crippen LogP contribution in [0.5, 0.6) is 0 Å². The minimum Gasteiger partial charge on any atom is -0.457 e. The summed E-state index contributed by atoms with van der Waals surface area (Å²) in [4.78, 5) is 23.8. The second-order valence-electron chi connectivity index (χ2n) is 6.73. The molecule has 1 saturated heterocycles. The Hall–Kier alpha value is -1.39. The number of rotatable bonds is 9. The summed E-state index contributed by atoms with van der Waals surface area (Å²) in [5.74, 6) is -1.66. The number of carbonyl (C=O) groups excluding carboxylic acids is 2. The third kappa shape index (κ3) is 7.91. The van der Waals surface area contributed by atoms with Gasteiger partial charge in [-0.3, -0.25) is 9.59 Å². The molecule has 1 heterocycles. The van der Waals surface area contributed by atoms with Crippen LogP contribution in [-0.4, -0.2) is 64.6 Å². The van der Waals surface area contributed by atoms with Gasteiger partial charge in [-0.05, 0) is 5.56 Å². The van der Waals surface area contributed by atoms with Gasteiger partial charge < -0.3 is 29.4 Å². The monoisotopic (exact) mass is 495 g/mol. The van der Waals surface area contributed by atoms with E-state index in [1.807, 2.05) is 30.3 Å². The molecule has 11 heteroatoms. The summed E-state index contributed by atoms with van der Waals surface area (Å²) in [5.41, 5.74) is 0.926. The maximum atomic E-state index is 12.2. The first-order valence-electron chi connectivity index (χ1n) is 9.36. The highest BCUT2D eigenvalue weighted by Gasteiger charge is 2.49. The molecule has 1 aliphatic rings. The van der Waals surface area contributed by atoms with Gasteiger partial charge in [-0.25, -0.2) is 0 Å². The maximum Gasteiger partial charge on any atom is 0.303 e. The molecule has 1 fully saturated rings. The van der Waals surface area contributed by atoms with Crippen molar-refractivity contribution in [2.45, 2.75) is 48.0 Å². The zero-order valence-electron chi connectivity index (χ0n) is 16.7. The van der Waals surface area contributed by atoms with Crippen LogP contribution in [0.1, 0.15) is 12.5 Å². The van der Waals surface area contributed by atoms with E-state index in [0.717, 1.165) is 5.56 Å². The number of benzene rings is 1.